The minimum Gasteiger partial charge on any atom is -0.478 e. The van der Waals surface area contributed by atoms with Crippen molar-refractivity contribution >= 4 is 46.3 Å². The number of benzene rings is 1. The van der Waals surface area contributed by atoms with Gasteiger partial charge in [-0.1, -0.05) is 34.8 Å². The molecule has 0 atom stereocenters. The summed E-state index contributed by atoms with van der Waals surface area (Å²) in [5.41, 5.74) is -0.764. The molecule has 0 aliphatic carbocycles. The minimum absolute atomic E-state index is 0.0221. The van der Waals surface area contributed by atoms with Gasteiger partial charge in [0.25, 0.3) is 6.43 Å². The minimum atomic E-state index is -2.96. The fourth-order valence-corrected chi connectivity index (χ4v) is 1.72. The quantitative estimate of drug-likeness (QED) is 0.664. The lowest BCUT2D eigenvalue weighted by atomic mass is 10.1. The Hall–Kier alpha value is -0.840. The van der Waals surface area contributed by atoms with E-state index in [-0.39, 0.29) is 20.6 Å². The smallest absolute Gasteiger partial charge is 0.328 e. The van der Waals surface area contributed by atoms with Crippen LogP contribution in [-0.2, 0) is 4.79 Å². The van der Waals surface area contributed by atoms with E-state index >= 15 is 0 Å². The summed E-state index contributed by atoms with van der Waals surface area (Å²) in [5, 5.41) is 8.47. The van der Waals surface area contributed by atoms with E-state index in [1.807, 2.05) is 0 Å². The first kappa shape index (κ1) is 14.2. The van der Waals surface area contributed by atoms with Crippen molar-refractivity contribution in [2.45, 2.75) is 6.43 Å². The van der Waals surface area contributed by atoms with E-state index in [0.717, 1.165) is 12.1 Å². The van der Waals surface area contributed by atoms with Crippen LogP contribution in [0, 0.1) is 0 Å². The molecule has 0 unspecified atom stereocenters. The number of allylic oxidation sites excluding steroid dienone is 1. The van der Waals surface area contributed by atoms with Crippen LogP contribution in [0.25, 0.3) is 5.57 Å². The van der Waals surface area contributed by atoms with Crippen molar-refractivity contribution in [3.63, 3.8) is 0 Å². The van der Waals surface area contributed by atoms with Gasteiger partial charge in [0, 0.05) is 11.6 Å². The molecule has 17 heavy (non-hydrogen) atoms. The first-order chi connectivity index (χ1) is 7.82. The second kappa shape index (κ2) is 5.67. The fourth-order valence-electron chi connectivity index (χ4n) is 1.13. The molecule has 92 valence electrons. The molecule has 2 nitrogen and oxygen atoms in total. The highest BCUT2D eigenvalue weighted by molar-refractivity contribution is 6.48. The molecule has 1 N–H and O–H groups in total. The summed E-state index contributed by atoms with van der Waals surface area (Å²) in [4.78, 5) is 10.4. The van der Waals surface area contributed by atoms with Crippen LogP contribution < -0.4 is 0 Å². The molecule has 1 rings (SSSR count). The highest BCUT2D eigenvalue weighted by atomic mass is 35.5. The molecular formula is C10H5Cl3F2O2. The molecule has 0 aliphatic heterocycles. The van der Waals surface area contributed by atoms with Crippen LogP contribution >= 0.6 is 34.8 Å². The summed E-state index contributed by atoms with van der Waals surface area (Å²) in [6, 6.07) is 2.27. The fraction of sp³-hybridized carbons (Fsp3) is 0.100. The number of hydrogen-bond donors (Lipinski definition) is 1. The normalized spacial score (nSPS) is 12.0. The Balaban J connectivity index is 3.35. The predicted molar refractivity (Wildman–Crippen MR) is 63.1 cm³/mol. The maximum Gasteiger partial charge on any atom is 0.328 e. The van der Waals surface area contributed by atoms with Crippen LogP contribution in [0.4, 0.5) is 8.78 Å². The zero-order valence-electron chi connectivity index (χ0n) is 8.05. The lowest BCUT2D eigenvalue weighted by Crippen LogP contribution is -2.01. The lowest BCUT2D eigenvalue weighted by Gasteiger charge is -2.08. The van der Waals surface area contributed by atoms with Gasteiger partial charge in [0.2, 0.25) is 0 Å². The van der Waals surface area contributed by atoms with E-state index in [4.69, 9.17) is 39.9 Å². The van der Waals surface area contributed by atoms with Crippen LogP contribution in [0.5, 0.6) is 0 Å². The van der Waals surface area contributed by atoms with Crippen molar-refractivity contribution < 1.29 is 18.7 Å². The Kier molecular flexibility index (Phi) is 4.74. The molecule has 0 fully saturated rings. The molecule has 7 heteroatoms. The van der Waals surface area contributed by atoms with Crippen LogP contribution in [0.15, 0.2) is 18.2 Å². The summed E-state index contributed by atoms with van der Waals surface area (Å²) < 4.78 is 25.3. The number of hydrogen-bond acceptors (Lipinski definition) is 1. The predicted octanol–water partition coefficient (Wildman–Crippen LogP) is 4.38. The van der Waals surface area contributed by atoms with Crippen LogP contribution in [0.3, 0.4) is 0 Å². The van der Waals surface area contributed by atoms with Crippen molar-refractivity contribution in [2.75, 3.05) is 0 Å². The number of alkyl halides is 2. The highest BCUT2D eigenvalue weighted by Crippen LogP contribution is 2.34. The maximum absolute atomic E-state index is 12.7. The molecule has 0 aliphatic rings. The Bertz CT molecular complexity index is 463. The number of rotatable bonds is 3. The molecule has 0 heterocycles. The van der Waals surface area contributed by atoms with Crippen molar-refractivity contribution in [1.82, 2.24) is 0 Å². The summed E-state index contributed by atoms with van der Waals surface area (Å²) in [5.74, 6) is -1.48. The first-order valence-corrected chi connectivity index (χ1v) is 5.34. The van der Waals surface area contributed by atoms with Crippen molar-refractivity contribution in [3.8, 4) is 0 Å². The molecule has 0 spiro atoms. The molecule has 0 amide bonds. The van der Waals surface area contributed by atoms with Gasteiger partial charge in [-0.3, -0.25) is 0 Å². The van der Waals surface area contributed by atoms with E-state index in [0.29, 0.717) is 6.08 Å². The third-order valence-corrected chi connectivity index (χ3v) is 3.03. The third kappa shape index (κ3) is 3.56. The molecule has 1 aromatic carbocycles. The number of carbonyl (C=O) groups is 1. The van der Waals surface area contributed by atoms with E-state index in [1.165, 1.54) is 0 Å². The Morgan fingerprint density at radius 1 is 1.24 bits per heavy atom. The summed E-state index contributed by atoms with van der Waals surface area (Å²) in [6.07, 6.45) is -2.56. The zero-order chi connectivity index (χ0) is 13.2. The van der Waals surface area contributed by atoms with Crippen molar-refractivity contribution in [3.05, 3.63) is 38.8 Å². The van der Waals surface area contributed by atoms with E-state index in [1.54, 1.807) is 0 Å². The average molecular weight is 302 g/mol. The maximum atomic E-state index is 12.7. The Labute approximate surface area is 110 Å². The molecule has 0 saturated carbocycles. The average Bonchev–Trinajstić information content (AvgIpc) is 2.21. The topological polar surface area (TPSA) is 37.3 Å². The number of aliphatic carboxylic acids is 1. The summed E-state index contributed by atoms with van der Waals surface area (Å²) in [6.45, 7) is 0. The summed E-state index contributed by atoms with van der Waals surface area (Å²) >= 11 is 17.0. The van der Waals surface area contributed by atoms with Crippen LogP contribution in [0.2, 0.25) is 15.1 Å². The largest absolute Gasteiger partial charge is 0.478 e. The number of halogens is 5. The van der Waals surface area contributed by atoms with Gasteiger partial charge in [0.05, 0.1) is 15.1 Å². The van der Waals surface area contributed by atoms with Gasteiger partial charge in [-0.2, -0.15) is 0 Å². The molecule has 1 aromatic rings. The first-order valence-electron chi connectivity index (χ1n) is 4.20. The second-order valence-electron chi connectivity index (χ2n) is 2.99. The van der Waals surface area contributed by atoms with Gasteiger partial charge in [0.1, 0.15) is 0 Å². The zero-order valence-corrected chi connectivity index (χ0v) is 10.3. The standard InChI is InChI=1S/C10H5Cl3F2O2/c11-6-1-4(2-7(12)9(6)13)5(10(14)15)3-8(16)17/h1-3,10H,(H,16,17). The highest BCUT2D eigenvalue weighted by Gasteiger charge is 2.17. The van der Waals surface area contributed by atoms with Crippen molar-refractivity contribution in [2.24, 2.45) is 0 Å². The lowest BCUT2D eigenvalue weighted by molar-refractivity contribution is -0.131. The molecular weight excluding hydrogens is 296 g/mol. The number of carboxylic acid groups (broad SMARTS) is 1. The molecule has 0 bridgehead atoms. The van der Waals surface area contributed by atoms with Crippen LogP contribution in [-0.4, -0.2) is 17.5 Å². The SMILES string of the molecule is O=C(O)C=C(c1cc(Cl)c(Cl)c(Cl)c1)C(F)F. The monoisotopic (exact) mass is 300 g/mol. The molecule has 0 radical (unpaired) electrons. The van der Waals surface area contributed by atoms with E-state index in [9.17, 15) is 13.6 Å². The Morgan fingerprint density at radius 3 is 2.06 bits per heavy atom. The van der Waals surface area contributed by atoms with Gasteiger partial charge in [-0.15, -0.1) is 0 Å². The van der Waals surface area contributed by atoms with E-state index in [2.05, 4.69) is 0 Å². The number of carboxylic acids is 1. The van der Waals surface area contributed by atoms with E-state index < -0.39 is 18.0 Å². The van der Waals surface area contributed by atoms with Gasteiger partial charge in [0.15, 0.2) is 0 Å². The third-order valence-electron chi connectivity index (χ3n) is 1.83. The molecule has 0 aromatic heterocycles. The summed E-state index contributed by atoms with van der Waals surface area (Å²) in [7, 11) is 0. The van der Waals surface area contributed by atoms with Crippen LogP contribution in [0.1, 0.15) is 5.56 Å². The Morgan fingerprint density at radius 2 is 1.71 bits per heavy atom. The van der Waals surface area contributed by atoms with Gasteiger partial charge < -0.3 is 5.11 Å². The van der Waals surface area contributed by atoms with Gasteiger partial charge >= 0.3 is 5.97 Å². The second-order valence-corrected chi connectivity index (χ2v) is 4.18. The van der Waals surface area contributed by atoms with Gasteiger partial charge in [-0.05, 0) is 17.7 Å². The van der Waals surface area contributed by atoms with Gasteiger partial charge in [-0.25, -0.2) is 13.6 Å². The molecule has 0 saturated heterocycles. The van der Waals surface area contributed by atoms with Crippen molar-refractivity contribution in [1.29, 1.82) is 0 Å².